The van der Waals surface area contributed by atoms with Crippen LogP contribution in [0.15, 0.2) is 57.2 Å². The lowest BCUT2D eigenvalue weighted by molar-refractivity contribution is 0.506. The molecule has 3 rings (SSSR count). The first-order valence-corrected chi connectivity index (χ1v) is 8.89. The molecule has 1 N–H and O–H groups in total. The van der Waals surface area contributed by atoms with Gasteiger partial charge in [0.25, 0.3) is 0 Å². The molecular weight excluding hydrogens is 344 g/mol. The van der Waals surface area contributed by atoms with E-state index in [-0.39, 0.29) is 6.54 Å². The van der Waals surface area contributed by atoms with E-state index >= 15 is 0 Å². The van der Waals surface area contributed by atoms with E-state index < -0.39 is 26.6 Å². The second-order valence-corrected chi connectivity index (χ2v) is 7.33. The summed E-state index contributed by atoms with van der Waals surface area (Å²) in [4.78, 5) is 0.179. The Labute approximate surface area is 135 Å². The smallest absolute Gasteiger partial charge is 0.243 e. The third-order valence-electron chi connectivity index (χ3n) is 3.04. The maximum atomic E-state index is 13.6. The van der Waals surface area contributed by atoms with Crippen molar-refractivity contribution in [3.8, 4) is 10.6 Å². The van der Waals surface area contributed by atoms with Gasteiger partial charge in [0.1, 0.15) is 28.1 Å². The molecule has 0 spiro atoms. The van der Waals surface area contributed by atoms with Gasteiger partial charge in [-0.05, 0) is 41.8 Å². The fraction of sp³-hybridized carbons (Fsp3) is 0.0667. The molecule has 0 unspecified atom stereocenters. The maximum absolute atomic E-state index is 13.6. The van der Waals surface area contributed by atoms with Crippen molar-refractivity contribution < 1.29 is 21.6 Å². The quantitative estimate of drug-likeness (QED) is 0.758. The van der Waals surface area contributed by atoms with E-state index in [1.165, 1.54) is 11.3 Å². The minimum atomic E-state index is -4.18. The van der Waals surface area contributed by atoms with Gasteiger partial charge < -0.3 is 4.42 Å². The molecule has 0 saturated carbocycles. The molecule has 23 heavy (non-hydrogen) atoms. The van der Waals surface area contributed by atoms with Crippen LogP contribution in [0.1, 0.15) is 5.76 Å². The molecule has 0 aliphatic heterocycles. The minimum Gasteiger partial charge on any atom is -0.459 e. The summed E-state index contributed by atoms with van der Waals surface area (Å²) in [5.41, 5.74) is 0. The Balaban J connectivity index is 1.76. The van der Waals surface area contributed by atoms with Gasteiger partial charge in [0.15, 0.2) is 0 Å². The minimum absolute atomic E-state index is 0.163. The van der Waals surface area contributed by atoms with Gasteiger partial charge in [-0.25, -0.2) is 21.9 Å². The highest BCUT2D eigenvalue weighted by Gasteiger charge is 2.20. The van der Waals surface area contributed by atoms with Crippen LogP contribution in [0.2, 0.25) is 0 Å². The predicted octanol–water partition coefficient (Wildman–Crippen LogP) is 3.76. The molecule has 0 atom stereocenters. The van der Waals surface area contributed by atoms with Crippen LogP contribution in [0.4, 0.5) is 8.78 Å². The lowest BCUT2D eigenvalue weighted by atomic mass is 10.3. The topological polar surface area (TPSA) is 59.3 Å². The summed E-state index contributed by atoms with van der Waals surface area (Å²) >= 11 is 1.49. The van der Waals surface area contributed by atoms with Crippen LogP contribution in [0.25, 0.3) is 10.6 Å². The van der Waals surface area contributed by atoms with Gasteiger partial charge in [-0.1, -0.05) is 6.07 Å². The van der Waals surface area contributed by atoms with Crippen LogP contribution < -0.4 is 4.72 Å². The number of halogens is 2. The number of hydrogen-bond donors (Lipinski definition) is 1. The van der Waals surface area contributed by atoms with Gasteiger partial charge in [-0.15, -0.1) is 11.3 Å². The molecule has 4 nitrogen and oxygen atoms in total. The van der Waals surface area contributed by atoms with E-state index in [9.17, 15) is 17.2 Å². The monoisotopic (exact) mass is 355 g/mol. The number of thiophene rings is 1. The average Bonchev–Trinajstić information content (AvgIpc) is 3.18. The van der Waals surface area contributed by atoms with E-state index in [4.69, 9.17) is 4.42 Å². The molecule has 2 aromatic heterocycles. The van der Waals surface area contributed by atoms with Crippen molar-refractivity contribution in [3.63, 3.8) is 0 Å². The van der Waals surface area contributed by atoms with Gasteiger partial charge in [0.2, 0.25) is 10.0 Å². The fourth-order valence-corrected chi connectivity index (χ4v) is 3.72. The van der Waals surface area contributed by atoms with Crippen molar-refractivity contribution >= 4 is 21.4 Å². The largest absolute Gasteiger partial charge is 0.459 e. The molecule has 0 bridgehead atoms. The van der Waals surface area contributed by atoms with Crippen molar-refractivity contribution in [2.75, 3.05) is 0 Å². The fourth-order valence-electron chi connectivity index (χ4n) is 1.95. The van der Waals surface area contributed by atoms with Crippen molar-refractivity contribution in [2.24, 2.45) is 0 Å². The summed E-state index contributed by atoms with van der Waals surface area (Å²) < 4.78 is 58.5. The van der Waals surface area contributed by atoms with E-state index in [2.05, 4.69) is 4.72 Å². The molecule has 0 amide bonds. The van der Waals surface area contributed by atoms with Crippen LogP contribution in [0.3, 0.4) is 0 Å². The van der Waals surface area contributed by atoms with E-state index in [0.717, 1.165) is 17.0 Å². The second kappa shape index (κ2) is 6.23. The highest BCUT2D eigenvalue weighted by atomic mass is 32.2. The van der Waals surface area contributed by atoms with Gasteiger partial charge in [-0.3, -0.25) is 0 Å². The zero-order valence-electron chi connectivity index (χ0n) is 11.6. The molecule has 8 heteroatoms. The van der Waals surface area contributed by atoms with Crippen molar-refractivity contribution in [2.45, 2.75) is 11.4 Å². The van der Waals surface area contributed by atoms with Gasteiger partial charge in [0.05, 0.1) is 11.4 Å². The molecule has 0 aliphatic rings. The van der Waals surface area contributed by atoms with Crippen LogP contribution in [-0.2, 0) is 16.6 Å². The summed E-state index contributed by atoms with van der Waals surface area (Å²) in [6.07, 6.45) is 0. The molecule has 120 valence electrons. The van der Waals surface area contributed by atoms with Crippen LogP contribution in [-0.4, -0.2) is 8.42 Å². The molecule has 0 radical (unpaired) electrons. The van der Waals surface area contributed by atoms with Gasteiger partial charge in [0, 0.05) is 0 Å². The molecule has 0 aliphatic carbocycles. The second-order valence-electron chi connectivity index (χ2n) is 4.64. The summed E-state index contributed by atoms with van der Waals surface area (Å²) in [6, 6.07) is 9.35. The lowest BCUT2D eigenvalue weighted by Crippen LogP contribution is -2.24. The highest BCUT2D eigenvalue weighted by Crippen LogP contribution is 2.26. The number of nitrogens with one attached hydrogen (secondary N) is 1. The van der Waals surface area contributed by atoms with E-state index in [0.29, 0.717) is 17.6 Å². The summed E-state index contributed by atoms with van der Waals surface area (Å²) in [6.45, 7) is -0.163. The third-order valence-corrected chi connectivity index (χ3v) is 5.35. The summed E-state index contributed by atoms with van der Waals surface area (Å²) in [5, 5.41) is 1.90. The predicted molar refractivity (Wildman–Crippen MR) is 82.4 cm³/mol. The Hall–Kier alpha value is -2.03. The van der Waals surface area contributed by atoms with Gasteiger partial charge in [-0.2, -0.15) is 0 Å². The van der Waals surface area contributed by atoms with Crippen LogP contribution in [0, 0.1) is 11.6 Å². The van der Waals surface area contributed by atoms with Crippen molar-refractivity contribution in [3.05, 3.63) is 65.2 Å². The lowest BCUT2D eigenvalue weighted by Gasteiger charge is -2.06. The van der Waals surface area contributed by atoms with Crippen molar-refractivity contribution in [1.82, 2.24) is 4.72 Å². The molecule has 0 saturated heterocycles. The first-order valence-electron chi connectivity index (χ1n) is 6.53. The first kappa shape index (κ1) is 15.9. The number of furan rings is 1. The molecule has 3 aromatic rings. The Bertz CT molecular complexity index is 918. The Kier molecular flexibility index (Phi) is 4.29. The summed E-state index contributed by atoms with van der Waals surface area (Å²) in [7, 11) is -4.18. The third kappa shape index (κ3) is 3.49. The number of sulfonamides is 1. The maximum Gasteiger partial charge on any atom is 0.243 e. The SMILES string of the molecule is O=S(=O)(NCc1ccc(-c2cccs2)o1)c1cc(F)ccc1F. The van der Waals surface area contributed by atoms with Crippen LogP contribution in [0.5, 0.6) is 0 Å². The number of rotatable bonds is 5. The molecule has 1 aromatic carbocycles. The zero-order chi connectivity index (χ0) is 16.4. The van der Waals surface area contributed by atoms with Crippen LogP contribution >= 0.6 is 11.3 Å². The van der Waals surface area contributed by atoms with Crippen molar-refractivity contribution in [1.29, 1.82) is 0 Å². The first-order chi connectivity index (χ1) is 11.0. The normalized spacial score (nSPS) is 11.7. The molecular formula is C15H11F2NO3S2. The zero-order valence-corrected chi connectivity index (χ0v) is 13.3. The standard InChI is InChI=1S/C15H11F2NO3S2/c16-10-3-5-12(17)15(8-10)23(19,20)18-9-11-4-6-13(21-11)14-2-1-7-22-14/h1-8,18H,9H2. The number of hydrogen-bond acceptors (Lipinski definition) is 4. The highest BCUT2D eigenvalue weighted by molar-refractivity contribution is 7.89. The van der Waals surface area contributed by atoms with E-state index in [1.54, 1.807) is 12.1 Å². The molecule has 0 fully saturated rings. The average molecular weight is 355 g/mol. The van der Waals surface area contributed by atoms with Gasteiger partial charge >= 0.3 is 0 Å². The Morgan fingerprint density at radius 2 is 1.96 bits per heavy atom. The summed E-state index contributed by atoms with van der Waals surface area (Å²) in [5.74, 6) is -0.859. The molecule has 2 heterocycles. The Morgan fingerprint density at radius 3 is 2.70 bits per heavy atom. The van der Waals surface area contributed by atoms with E-state index in [1.807, 2.05) is 17.5 Å². The number of benzene rings is 1. The Morgan fingerprint density at radius 1 is 1.13 bits per heavy atom.